The molecule has 0 bridgehead atoms. The van der Waals surface area contributed by atoms with Crippen molar-refractivity contribution in [2.45, 2.75) is 25.7 Å². The lowest BCUT2D eigenvalue weighted by Crippen LogP contribution is -2.25. The van der Waals surface area contributed by atoms with E-state index in [0.29, 0.717) is 31.0 Å². The number of hydrogen-bond acceptors (Lipinski definition) is 5. The summed E-state index contributed by atoms with van der Waals surface area (Å²) in [5, 5.41) is 11.9. The average Bonchev–Trinajstić information content (AvgIpc) is 3.29. The van der Waals surface area contributed by atoms with Crippen molar-refractivity contribution in [1.29, 1.82) is 0 Å². The summed E-state index contributed by atoms with van der Waals surface area (Å²) in [5.74, 6) is 1.97. The van der Waals surface area contributed by atoms with Crippen LogP contribution in [0.1, 0.15) is 23.5 Å². The molecule has 3 aromatic heterocycles. The Balaban J connectivity index is 1.35. The molecule has 0 radical (unpaired) electrons. The van der Waals surface area contributed by atoms with E-state index in [-0.39, 0.29) is 5.91 Å². The summed E-state index contributed by atoms with van der Waals surface area (Å²) in [7, 11) is 0. The minimum Gasteiger partial charge on any atom is -0.461 e. The van der Waals surface area contributed by atoms with Gasteiger partial charge in [-0.3, -0.25) is 9.89 Å². The molecule has 0 aromatic carbocycles. The zero-order valence-corrected chi connectivity index (χ0v) is 13.4. The zero-order valence-electron chi connectivity index (χ0n) is 12.6. The number of amides is 1. The van der Waals surface area contributed by atoms with Gasteiger partial charge >= 0.3 is 0 Å². The van der Waals surface area contributed by atoms with Crippen LogP contribution in [0.25, 0.3) is 11.6 Å². The van der Waals surface area contributed by atoms with Gasteiger partial charge in [0, 0.05) is 24.3 Å². The number of carbonyl (C=O) groups is 1. The Hall–Kier alpha value is -2.41. The van der Waals surface area contributed by atoms with Gasteiger partial charge in [0.15, 0.2) is 5.76 Å². The molecule has 0 aliphatic rings. The van der Waals surface area contributed by atoms with Crippen molar-refractivity contribution < 1.29 is 9.21 Å². The number of rotatable bonds is 8. The summed E-state index contributed by atoms with van der Waals surface area (Å²) in [6.45, 7) is 0.546. The molecule has 23 heavy (non-hydrogen) atoms. The molecule has 120 valence electrons. The molecule has 0 saturated heterocycles. The molecule has 0 aliphatic heterocycles. The van der Waals surface area contributed by atoms with Gasteiger partial charge in [-0.05, 0) is 36.4 Å². The van der Waals surface area contributed by atoms with E-state index in [1.54, 1.807) is 23.7 Å². The molecule has 0 spiro atoms. The third-order valence-corrected chi connectivity index (χ3v) is 4.30. The zero-order chi connectivity index (χ0) is 15.9. The predicted molar refractivity (Wildman–Crippen MR) is 88.1 cm³/mol. The maximum absolute atomic E-state index is 11.8. The van der Waals surface area contributed by atoms with Gasteiger partial charge in [0.25, 0.3) is 0 Å². The lowest BCUT2D eigenvalue weighted by atomic mass is 10.2. The summed E-state index contributed by atoms with van der Waals surface area (Å²) in [6, 6.07) is 7.74. The van der Waals surface area contributed by atoms with E-state index in [9.17, 15) is 4.79 Å². The summed E-state index contributed by atoms with van der Waals surface area (Å²) < 4.78 is 5.24. The molecule has 3 aromatic rings. The van der Waals surface area contributed by atoms with E-state index in [0.717, 1.165) is 18.7 Å². The fraction of sp³-hybridized carbons (Fsp3) is 0.312. The van der Waals surface area contributed by atoms with Gasteiger partial charge in [0.1, 0.15) is 5.82 Å². The predicted octanol–water partition coefficient (Wildman–Crippen LogP) is 2.81. The number of hydrogen-bond donors (Lipinski definition) is 2. The molecule has 0 saturated carbocycles. The van der Waals surface area contributed by atoms with E-state index in [4.69, 9.17) is 4.42 Å². The Morgan fingerprint density at radius 3 is 3.04 bits per heavy atom. The summed E-state index contributed by atoms with van der Waals surface area (Å²) >= 11 is 1.73. The Kier molecular flexibility index (Phi) is 5.21. The van der Waals surface area contributed by atoms with Crippen molar-refractivity contribution in [1.82, 2.24) is 20.5 Å². The second-order valence-electron chi connectivity index (χ2n) is 5.12. The molecule has 7 heteroatoms. The Morgan fingerprint density at radius 2 is 2.26 bits per heavy atom. The van der Waals surface area contributed by atoms with Crippen LogP contribution < -0.4 is 5.32 Å². The van der Waals surface area contributed by atoms with Crippen molar-refractivity contribution in [2.24, 2.45) is 0 Å². The highest BCUT2D eigenvalue weighted by Crippen LogP contribution is 2.14. The third-order valence-electron chi connectivity index (χ3n) is 3.36. The number of carbonyl (C=O) groups excluding carboxylic acids is 1. The van der Waals surface area contributed by atoms with Gasteiger partial charge in [-0.1, -0.05) is 6.07 Å². The van der Waals surface area contributed by atoms with E-state index < -0.39 is 0 Å². The highest BCUT2D eigenvalue weighted by molar-refractivity contribution is 7.09. The normalized spacial score (nSPS) is 10.8. The Bertz CT molecular complexity index is 719. The Morgan fingerprint density at radius 1 is 1.30 bits per heavy atom. The molecule has 1 amide bonds. The van der Waals surface area contributed by atoms with Crippen LogP contribution in [-0.4, -0.2) is 27.6 Å². The topological polar surface area (TPSA) is 83.8 Å². The highest BCUT2D eigenvalue weighted by atomic mass is 32.1. The number of thiophene rings is 1. The molecular weight excluding hydrogens is 312 g/mol. The molecule has 0 fully saturated rings. The first kappa shape index (κ1) is 15.5. The molecule has 3 heterocycles. The van der Waals surface area contributed by atoms with Crippen molar-refractivity contribution in [2.75, 3.05) is 6.54 Å². The summed E-state index contributed by atoms with van der Waals surface area (Å²) in [6.07, 6.45) is 4.58. The number of nitrogens with zero attached hydrogens (tertiary/aromatic N) is 2. The second-order valence-corrected chi connectivity index (χ2v) is 6.15. The maximum Gasteiger partial charge on any atom is 0.220 e. The van der Waals surface area contributed by atoms with E-state index >= 15 is 0 Å². The maximum atomic E-state index is 11.8. The molecule has 0 atom stereocenters. The van der Waals surface area contributed by atoms with Crippen molar-refractivity contribution in [3.05, 3.63) is 46.6 Å². The molecule has 0 unspecified atom stereocenters. The van der Waals surface area contributed by atoms with Gasteiger partial charge in [0.2, 0.25) is 11.7 Å². The first-order chi connectivity index (χ1) is 11.3. The van der Waals surface area contributed by atoms with Crippen LogP contribution in [0, 0.1) is 0 Å². The van der Waals surface area contributed by atoms with Crippen molar-refractivity contribution in [3.63, 3.8) is 0 Å². The highest BCUT2D eigenvalue weighted by Gasteiger charge is 2.08. The molecule has 3 rings (SSSR count). The van der Waals surface area contributed by atoms with Crippen LogP contribution in [-0.2, 0) is 17.6 Å². The lowest BCUT2D eigenvalue weighted by Gasteiger charge is -2.03. The first-order valence-corrected chi connectivity index (χ1v) is 8.43. The fourth-order valence-electron chi connectivity index (χ4n) is 2.21. The molecule has 0 aliphatic carbocycles. The molecular formula is C16H18N4O2S. The van der Waals surface area contributed by atoms with Gasteiger partial charge in [-0.2, -0.15) is 5.10 Å². The number of aryl methyl sites for hydroxylation is 1. The minimum absolute atomic E-state index is 0.0762. The number of nitrogens with one attached hydrogen (secondary N) is 2. The lowest BCUT2D eigenvalue weighted by molar-refractivity contribution is -0.121. The summed E-state index contributed by atoms with van der Waals surface area (Å²) in [5.41, 5.74) is 0. The third kappa shape index (κ3) is 4.53. The number of H-pyrrole nitrogens is 1. The average molecular weight is 330 g/mol. The first-order valence-electron chi connectivity index (χ1n) is 7.55. The fourth-order valence-corrected chi connectivity index (χ4v) is 2.96. The standard InChI is InChI=1S/C16H18N4O2S/c21-15(7-1-4-12-5-3-11-23-12)17-9-8-14-18-16(20-19-14)13-6-2-10-22-13/h2-3,5-6,10-11H,1,4,7-9H2,(H,17,21)(H,18,19,20). The number of aromatic amines is 1. The van der Waals surface area contributed by atoms with E-state index in [1.807, 2.05) is 12.1 Å². The van der Waals surface area contributed by atoms with Gasteiger partial charge in [-0.25, -0.2) is 4.98 Å². The van der Waals surface area contributed by atoms with Crippen LogP contribution in [0.4, 0.5) is 0 Å². The quantitative estimate of drug-likeness (QED) is 0.665. The number of furan rings is 1. The van der Waals surface area contributed by atoms with Crippen molar-refractivity contribution in [3.8, 4) is 11.6 Å². The van der Waals surface area contributed by atoms with E-state index in [1.165, 1.54) is 4.88 Å². The van der Waals surface area contributed by atoms with Gasteiger partial charge in [-0.15, -0.1) is 11.3 Å². The van der Waals surface area contributed by atoms with Crippen molar-refractivity contribution >= 4 is 17.2 Å². The largest absolute Gasteiger partial charge is 0.461 e. The monoisotopic (exact) mass is 330 g/mol. The Labute approximate surface area is 137 Å². The molecule has 6 nitrogen and oxygen atoms in total. The second kappa shape index (κ2) is 7.73. The SMILES string of the molecule is O=C(CCCc1cccs1)NCCc1nc(-c2ccco2)n[nH]1. The van der Waals surface area contributed by atoms with Crippen LogP contribution in [0.3, 0.4) is 0 Å². The van der Waals surface area contributed by atoms with Crippen LogP contribution >= 0.6 is 11.3 Å². The van der Waals surface area contributed by atoms with Crippen LogP contribution in [0.2, 0.25) is 0 Å². The smallest absolute Gasteiger partial charge is 0.220 e. The van der Waals surface area contributed by atoms with Gasteiger partial charge < -0.3 is 9.73 Å². The van der Waals surface area contributed by atoms with Gasteiger partial charge in [0.05, 0.1) is 6.26 Å². The minimum atomic E-state index is 0.0762. The van der Waals surface area contributed by atoms with Crippen LogP contribution in [0.15, 0.2) is 40.3 Å². The molecule has 2 N–H and O–H groups in total. The number of aromatic nitrogens is 3. The summed E-state index contributed by atoms with van der Waals surface area (Å²) in [4.78, 5) is 17.4. The van der Waals surface area contributed by atoms with Crippen LogP contribution in [0.5, 0.6) is 0 Å². The van der Waals surface area contributed by atoms with E-state index in [2.05, 4.69) is 31.9 Å².